The molecule has 86 valence electrons. The van der Waals surface area contributed by atoms with Gasteiger partial charge in [-0.25, -0.2) is 0 Å². The molecule has 5 nitrogen and oxygen atoms in total. The van der Waals surface area contributed by atoms with E-state index in [2.05, 4.69) is 0 Å². The van der Waals surface area contributed by atoms with E-state index in [1.807, 2.05) is 13.8 Å². The van der Waals surface area contributed by atoms with Crippen LogP contribution in [0.4, 0.5) is 0 Å². The Morgan fingerprint density at radius 2 is 1.87 bits per heavy atom. The van der Waals surface area contributed by atoms with Crippen molar-refractivity contribution in [1.82, 2.24) is 4.90 Å². The van der Waals surface area contributed by atoms with Crippen molar-refractivity contribution in [3.8, 4) is 0 Å². The Bertz CT molecular complexity index is 236. The zero-order valence-electron chi connectivity index (χ0n) is 9.27. The van der Waals surface area contributed by atoms with Crippen molar-refractivity contribution in [1.29, 1.82) is 0 Å². The van der Waals surface area contributed by atoms with Crippen LogP contribution < -0.4 is 0 Å². The molecular weight excluding hydrogens is 198 g/mol. The summed E-state index contributed by atoms with van der Waals surface area (Å²) >= 11 is 0. The molecule has 0 fully saturated rings. The maximum Gasteiger partial charge on any atom is 0.305 e. The van der Waals surface area contributed by atoms with Gasteiger partial charge in [-0.15, -0.1) is 0 Å². The van der Waals surface area contributed by atoms with Gasteiger partial charge < -0.3 is 5.11 Å². The molecular formula is C10H17NO4. The molecule has 0 aliphatic rings. The summed E-state index contributed by atoms with van der Waals surface area (Å²) in [6, 6.07) is 0. The lowest BCUT2D eigenvalue weighted by Crippen LogP contribution is -2.30. The number of imide groups is 1. The molecule has 0 aromatic rings. The van der Waals surface area contributed by atoms with E-state index in [0.717, 1.165) is 4.90 Å². The van der Waals surface area contributed by atoms with Crippen LogP contribution in [0.25, 0.3) is 0 Å². The summed E-state index contributed by atoms with van der Waals surface area (Å²) in [5.41, 5.74) is 0. The van der Waals surface area contributed by atoms with Crippen molar-refractivity contribution in [2.45, 2.75) is 27.2 Å². The smallest absolute Gasteiger partial charge is 0.305 e. The van der Waals surface area contributed by atoms with E-state index in [1.54, 1.807) is 6.92 Å². The first kappa shape index (κ1) is 15.8. The molecule has 0 heterocycles. The SMILES string of the molecule is C/C=C\C(=O)N(C=O)CCC(=O)O.CC. The number of hydrogen-bond acceptors (Lipinski definition) is 3. The molecule has 5 heteroatoms. The van der Waals surface area contributed by atoms with Gasteiger partial charge in [-0.05, 0) is 13.0 Å². The second kappa shape index (κ2) is 10.4. The predicted octanol–water partition coefficient (Wildman–Crippen LogP) is 1.05. The third kappa shape index (κ3) is 8.67. The number of carboxylic acids is 1. The van der Waals surface area contributed by atoms with Crippen LogP contribution in [0.3, 0.4) is 0 Å². The maximum atomic E-state index is 11.0. The van der Waals surface area contributed by atoms with E-state index >= 15 is 0 Å². The minimum absolute atomic E-state index is 0.0952. The van der Waals surface area contributed by atoms with Crippen molar-refractivity contribution < 1.29 is 19.5 Å². The average molecular weight is 215 g/mol. The van der Waals surface area contributed by atoms with Gasteiger partial charge in [-0.1, -0.05) is 19.9 Å². The zero-order chi connectivity index (χ0) is 12.3. The molecule has 0 aliphatic heterocycles. The molecule has 1 N–H and O–H groups in total. The van der Waals surface area contributed by atoms with Crippen molar-refractivity contribution in [3.05, 3.63) is 12.2 Å². The minimum atomic E-state index is -1.04. The van der Waals surface area contributed by atoms with Gasteiger partial charge in [-0.2, -0.15) is 0 Å². The van der Waals surface area contributed by atoms with Crippen LogP contribution in [0.15, 0.2) is 12.2 Å². The van der Waals surface area contributed by atoms with Gasteiger partial charge in [0, 0.05) is 6.54 Å². The predicted molar refractivity (Wildman–Crippen MR) is 56.2 cm³/mol. The van der Waals surface area contributed by atoms with E-state index < -0.39 is 11.9 Å². The van der Waals surface area contributed by atoms with Crippen LogP contribution in [0.1, 0.15) is 27.2 Å². The maximum absolute atomic E-state index is 11.0. The van der Waals surface area contributed by atoms with Gasteiger partial charge in [-0.3, -0.25) is 19.3 Å². The summed E-state index contributed by atoms with van der Waals surface area (Å²) in [6.07, 6.45) is 2.78. The van der Waals surface area contributed by atoms with Crippen molar-refractivity contribution in [2.75, 3.05) is 6.54 Å². The van der Waals surface area contributed by atoms with Gasteiger partial charge in [0.15, 0.2) is 0 Å². The van der Waals surface area contributed by atoms with Crippen LogP contribution in [-0.2, 0) is 14.4 Å². The summed E-state index contributed by atoms with van der Waals surface area (Å²) in [5, 5.41) is 8.30. The molecule has 0 bridgehead atoms. The lowest BCUT2D eigenvalue weighted by atomic mass is 10.4. The molecule has 0 aliphatic carbocycles. The molecule has 2 amide bonds. The molecule has 0 aromatic heterocycles. The second-order valence-electron chi connectivity index (χ2n) is 2.28. The lowest BCUT2D eigenvalue weighted by Gasteiger charge is -2.10. The van der Waals surface area contributed by atoms with Gasteiger partial charge in [0.05, 0.1) is 6.42 Å². The van der Waals surface area contributed by atoms with Crippen molar-refractivity contribution in [3.63, 3.8) is 0 Å². The van der Waals surface area contributed by atoms with Gasteiger partial charge in [0.2, 0.25) is 6.41 Å². The molecule has 0 unspecified atom stereocenters. The monoisotopic (exact) mass is 215 g/mol. The normalized spacial score (nSPS) is 9.00. The van der Waals surface area contributed by atoms with Crippen LogP contribution in [0.2, 0.25) is 0 Å². The topological polar surface area (TPSA) is 74.7 Å². The van der Waals surface area contributed by atoms with Crippen LogP contribution >= 0.6 is 0 Å². The Morgan fingerprint density at radius 1 is 1.33 bits per heavy atom. The number of allylic oxidation sites excluding steroid dienone is 1. The minimum Gasteiger partial charge on any atom is -0.481 e. The van der Waals surface area contributed by atoms with Gasteiger partial charge >= 0.3 is 5.97 Å². The fourth-order valence-electron chi connectivity index (χ4n) is 0.669. The average Bonchev–Trinajstić information content (AvgIpc) is 2.21. The summed E-state index contributed by atoms with van der Waals surface area (Å²) < 4.78 is 0. The molecule has 0 spiro atoms. The third-order valence-corrected chi connectivity index (χ3v) is 1.29. The number of carbonyl (C=O) groups excluding carboxylic acids is 2. The number of aliphatic carboxylic acids is 1. The fourth-order valence-corrected chi connectivity index (χ4v) is 0.669. The number of carbonyl (C=O) groups is 3. The van der Waals surface area contributed by atoms with Gasteiger partial charge in [0.25, 0.3) is 5.91 Å². The Morgan fingerprint density at radius 3 is 2.20 bits per heavy atom. The lowest BCUT2D eigenvalue weighted by molar-refractivity contribution is -0.139. The van der Waals surface area contributed by atoms with E-state index in [0.29, 0.717) is 6.41 Å². The molecule has 0 radical (unpaired) electrons. The molecule has 0 rings (SSSR count). The number of carboxylic acid groups (broad SMARTS) is 1. The highest BCUT2D eigenvalue weighted by atomic mass is 16.4. The van der Waals surface area contributed by atoms with E-state index in [1.165, 1.54) is 12.2 Å². The molecule has 0 atom stereocenters. The van der Waals surface area contributed by atoms with E-state index in [9.17, 15) is 14.4 Å². The summed E-state index contributed by atoms with van der Waals surface area (Å²) in [5.74, 6) is -1.54. The van der Waals surface area contributed by atoms with Crippen molar-refractivity contribution >= 4 is 18.3 Å². The quantitative estimate of drug-likeness (QED) is 0.549. The summed E-state index contributed by atoms with van der Waals surface area (Å²) in [4.78, 5) is 32.3. The first-order valence-electron chi connectivity index (χ1n) is 4.72. The first-order chi connectivity index (χ1) is 7.11. The fraction of sp³-hybridized carbons (Fsp3) is 0.500. The van der Waals surface area contributed by atoms with Gasteiger partial charge in [0.1, 0.15) is 0 Å². The van der Waals surface area contributed by atoms with Crippen molar-refractivity contribution in [2.24, 2.45) is 0 Å². The number of hydrogen-bond donors (Lipinski definition) is 1. The summed E-state index contributed by atoms with van der Waals surface area (Å²) in [6.45, 7) is 5.54. The van der Waals surface area contributed by atoms with Crippen LogP contribution in [-0.4, -0.2) is 34.8 Å². The largest absolute Gasteiger partial charge is 0.481 e. The van der Waals surface area contributed by atoms with E-state index in [-0.39, 0.29) is 13.0 Å². The number of rotatable bonds is 5. The van der Waals surface area contributed by atoms with Crippen LogP contribution in [0, 0.1) is 0 Å². The molecule has 15 heavy (non-hydrogen) atoms. The number of nitrogens with zero attached hydrogens (tertiary/aromatic N) is 1. The van der Waals surface area contributed by atoms with Crippen LogP contribution in [0.5, 0.6) is 0 Å². The molecule has 0 saturated heterocycles. The Labute approximate surface area is 89.4 Å². The first-order valence-corrected chi connectivity index (χ1v) is 4.72. The highest BCUT2D eigenvalue weighted by molar-refractivity contribution is 5.94. The zero-order valence-corrected chi connectivity index (χ0v) is 9.27. The summed E-state index contributed by atoms with van der Waals surface area (Å²) in [7, 11) is 0. The standard InChI is InChI=1S/C8H11NO4.C2H6/c1-2-3-7(11)9(6-10)5-4-8(12)13;1-2/h2-3,6H,4-5H2,1H3,(H,12,13);1-2H3/b3-2-;. The molecule has 0 aromatic carbocycles. The highest BCUT2D eigenvalue weighted by Gasteiger charge is 2.10. The Hall–Kier alpha value is -1.65. The third-order valence-electron chi connectivity index (χ3n) is 1.29. The Kier molecular flexibility index (Phi) is 11.0. The van der Waals surface area contributed by atoms with E-state index in [4.69, 9.17) is 5.11 Å². The molecule has 0 saturated carbocycles. The number of amides is 2. The highest BCUT2D eigenvalue weighted by Crippen LogP contribution is 1.91. The Balaban J connectivity index is 0. The second-order valence-corrected chi connectivity index (χ2v) is 2.28.